The number of hydrogen-bond donors (Lipinski definition) is 1. The zero-order chi connectivity index (χ0) is 13.1. The molecule has 1 rings (SSSR count). The van der Waals surface area contributed by atoms with E-state index in [0.29, 0.717) is 0 Å². The lowest BCUT2D eigenvalue weighted by molar-refractivity contribution is 0.361. The number of rotatable bonds is 11. The average molecular weight is 251 g/mol. The molecule has 0 aromatic heterocycles. The van der Waals surface area contributed by atoms with Crippen molar-refractivity contribution in [3.05, 3.63) is 12.7 Å². The molecule has 1 fully saturated rings. The molecule has 106 valence electrons. The highest BCUT2D eigenvalue weighted by molar-refractivity contribution is 4.76. The Bertz CT molecular complexity index is 194. The minimum Gasteiger partial charge on any atom is -0.314 e. The Hall–Kier alpha value is -0.300. The number of hydrogen-bond acceptors (Lipinski definition) is 1. The first-order valence-electron chi connectivity index (χ1n) is 8.21. The van der Waals surface area contributed by atoms with Crippen LogP contribution in [0, 0.1) is 5.92 Å². The molecule has 0 aliphatic heterocycles. The molecule has 1 N–H and O–H groups in total. The second-order valence-electron chi connectivity index (χ2n) is 5.96. The summed E-state index contributed by atoms with van der Waals surface area (Å²) in [6.07, 6.45) is 17.3. The highest BCUT2D eigenvalue weighted by Gasteiger charge is 2.19. The highest BCUT2D eigenvalue weighted by Crippen LogP contribution is 2.29. The lowest BCUT2D eigenvalue weighted by Gasteiger charge is -2.22. The van der Waals surface area contributed by atoms with Crippen LogP contribution in [0.5, 0.6) is 0 Å². The third-order valence-electron chi connectivity index (χ3n) is 4.24. The van der Waals surface area contributed by atoms with Gasteiger partial charge in [0.2, 0.25) is 0 Å². The molecule has 1 unspecified atom stereocenters. The molecule has 0 radical (unpaired) electrons. The van der Waals surface area contributed by atoms with Crippen molar-refractivity contribution in [2.45, 2.75) is 83.6 Å². The maximum atomic E-state index is 3.79. The molecule has 1 saturated carbocycles. The lowest BCUT2D eigenvalue weighted by atomic mass is 9.94. The normalized spacial score (nSPS) is 18.1. The van der Waals surface area contributed by atoms with E-state index in [1.807, 2.05) is 6.08 Å². The molecule has 0 spiro atoms. The first kappa shape index (κ1) is 15.8. The first-order chi connectivity index (χ1) is 8.86. The van der Waals surface area contributed by atoms with E-state index >= 15 is 0 Å². The molecule has 1 aliphatic rings. The van der Waals surface area contributed by atoms with Gasteiger partial charge in [0.25, 0.3) is 0 Å². The van der Waals surface area contributed by atoms with E-state index in [2.05, 4.69) is 18.8 Å². The Kier molecular flexibility index (Phi) is 9.28. The molecule has 1 aliphatic carbocycles. The highest BCUT2D eigenvalue weighted by atomic mass is 14.9. The summed E-state index contributed by atoms with van der Waals surface area (Å²) in [6.45, 7) is 7.26. The molecule has 1 atom stereocenters. The van der Waals surface area contributed by atoms with Crippen molar-refractivity contribution >= 4 is 0 Å². The molecule has 1 nitrogen and oxygen atoms in total. The Balaban J connectivity index is 2.14. The lowest BCUT2D eigenvalue weighted by Crippen LogP contribution is -2.31. The quantitative estimate of drug-likeness (QED) is 0.399. The number of unbranched alkanes of at least 4 members (excludes halogenated alkanes) is 3. The fourth-order valence-electron chi connectivity index (χ4n) is 3.16. The molecule has 18 heavy (non-hydrogen) atoms. The molecule has 0 aromatic rings. The predicted molar refractivity (Wildman–Crippen MR) is 81.9 cm³/mol. The van der Waals surface area contributed by atoms with Crippen LogP contribution >= 0.6 is 0 Å². The van der Waals surface area contributed by atoms with E-state index < -0.39 is 0 Å². The van der Waals surface area contributed by atoms with E-state index in [0.717, 1.165) is 12.0 Å². The molecule has 0 amide bonds. The predicted octanol–water partition coefficient (Wildman–Crippen LogP) is 5.07. The summed E-state index contributed by atoms with van der Waals surface area (Å²) in [7, 11) is 0. The van der Waals surface area contributed by atoms with Crippen molar-refractivity contribution in [2.24, 2.45) is 5.92 Å². The van der Waals surface area contributed by atoms with Gasteiger partial charge >= 0.3 is 0 Å². The molecular weight excluding hydrogens is 218 g/mol. The molecule has 0 heterocycles. The van der Waals surface area contributed by atoms with Crippen LogP contribution in [-0.2, 0) is 0 Å². The van der Waals surface area contributed by atoms with E-state index in [1.165, 1.54) is 77.2 Å². The monoisotopic (exact) mass is 251 g/mol. The van der Waals surface area contributed by atoms with Gasteiger partial charge < -0.3 is 5.32 Å². The van der Waals surface area contributed by atoms with Crippen molar-refractivity contribution in [1.29, 1.82) is 0 Å². The summed E-state index contributed by atoms with van der Waals surface area (Å²) in [6, 6.07) is 0.789. The van der Waals surface area contributed by atoms with Crippen LogP contribution in [-0.4, -0.2) is 12.6 Å². The van der Waals surface area contributed by atoms with Crippen molar-refractivity contribution < 1.29 is 0 Å². The Labute approximate surface area is 114 Å². The van der Waals surface area contributed by atoms with Crippen LogP contribution in [0.1, 0.15) is 77.6 Å². The van der Waals surface area contributed by atoms with Crippen LogP contribution in [0.3, 0.4) is 0 Å². The van der Waals surface area contributed by atoms with Crippen LogP contribution < -0.4 is 5.32 Å². The van der Waals surface area contributed by atoms with Crippen LogP contribution in [0.15, 0.2) is 12.7 Å². The number of allylic oxidation sites excluding steroid dienone is 1. The van der Waals surface area contributed by atoms with Gasteiger partial charge in [-0.15, -0.1) is 6.58 Å². The first-order valence-corrected chi connectivity index (χ1v) is 8.21. The molecule has 1 heteroatoms. The van der Waals surface area contributed by atoms with E-state index in [4.69, 9.17) is 0 Å². The zero-order valence-electron chi connectivity index (χ0n) is 12.4. The van der Waals surface area contributed by atoms with Crippen molar-refractivity contribution in [3.63, 3.8) is 0 Å². The third kappa shape index (κ3) is 7.20. The van der Waals surface area contributed by atoms with Gasteiger partial charge in [0.15, 0.2) is 0 Å². The van der Waals surface area contributed by atoms with Crippen molar-refractivity contribution in [3.8, 4) is 0 Å². The summed E-state index contributed by atoms with van der Waals surface area (Å²) in [5.41, 5.74) is 0. The molecule has 0 aromatic carbocycles. The molecule has 0 bridgehead atoms. The molecular formula is C17H33N. The summed E-state index contributed by atoms with van der Waals surface area (Å²) in [5, 5.41) is 3.77. The van der Waals surface area contributed by atoms with E-state index in [-0.39, 0.29) is 0 Å². The second kappa shape index (κ2) is 10.6. The summed E-state index contributed by atoms with van der Waals surface area (Å²) in [4.78, 5) is 0. The fourth-order valence-corrected chi connectivity index (χ4v) is 3.16. The van der Waals surface area contributed by atoms with Crippen LogP contribution in [0.4, 0.5) is 0 Å². The van der Waals surface area contributed by atoms with Gasteiger partial charge in [-0.05, 0) is 44.6 Å². The Morgan fingerprint density at radius 3 is 2.67 bits per heavy atom. The van der Waals surface area contributed by atoms with Crippen LogP contribution in [0.2, 0.25) is 0 Å². The van der Waals surface area contributed by atoms with Gasteiger partial charge in [0, 0.05) is 6.04 Å². The minimum atomic E-state index is 0.789. The van der Waals surface area contributed by atoms with Gasteiger partial charge in [-0.3, -0.25) is 0 Å². The van der Waals surface area contributed by atoms with E-state index in [9.17, 15) is 0 Å². The van der Waals surface area contributed by atoms with Gasteiger partial charge in [-0.2, -0.15) is 0 Å². The maximum absolute atomic E-state index is 3.79. The van der Waals surface area contributed by atoms with E-state index in [1.54, 1.807) is 0 Å². The smallest absolute Gasteiger partial charge is 0.00696 e. The minimum absolute atomic E-state index is 0.789. The van der Waals surface area contributed by atoms with Gasteiger partial charge in [-0.1, -0.05) is 51.5 Å². The van der Waals surface area contributed by atoms with Crippen molar-refractivity contribution in [2.75, 3.05) is 6.54 Å². The fraction of sp³-hybridized carbons (Fsp3) is 0.882. The maximum Gasteiger partial charge on any atom is 0.00696 e. The van der Waals surface area contributed by atoms with Gasteiger partial charge in [0.1, 0.15) is 0 Å². The van der Waals surface area contributed by atoms with Gasteiger partial charge in [-0.25, -0.2) is 0 Å². The topological polar surface area (TPSA) is 12.0 Å². The molecule has 0 saturated heterocycles. The standard InChI is InChI=1S/C17H33N/c1-3-5-6-7-8-13-17(18-14-4-2)15-16-11-9-10-12-16/h3,16-18H,1,4-15H2,2H3. The zero-order valence-corrected chi connectivity index (χ0v) is 12.4. The second-order valence-corrected chi connectivity index (χ2v) is 5.96. The summed E-state index contributed by atoms with van der Waals surface area (Å²) >= 11 is 0. The third-order valence-corrected chi connectivity index (χ3v) is 4.24. The van der Waals surface area contributed by atoms with Crippen molar-refractivity contribution in [1.82, 2.24) is 5.32 Å². The van der Waals surface area contributed by atoms with Crippen LogP contribution in [0.25, 0.3) is 0 Å². The Morgan fingerprint density at radius 1 is 1.22 bits per heavy atom. The van der Waals surface area contributed by atoms with Gasteiger partial charge in [0.05, 0.1) is 0 Å². The SMILES string of the molecule is C=CCCCCCC(CC1CCCC1)NCCC. The Morgan fingerprint density at radius 2 is 2.00 bits per heavy atom. The number of nitrogens with one attached hydrogen (secondary N) is 1. The largest absolute Gasteiger partial charge is 0.314 e. The summed E-state index contributed by atoms with van der Waals surface area (Å²) < 4.78 is 0. The average Bonchev–Trinajstić information content (AvgIpc) is 2.88. The summed E-state index contributed by atoms with van der Waals surface area (Å²) in [5.74, 6) is 1.02.